The zero-order valence-corrected chi connectivity index (χ0v) is 13.5. The van der Waals surface area contributed by atoms with Crippen LogP contribution in [0.1, 0.15) is 16.0 Å². The van der Waals surface area contributed by atoms with Gasteiger partial charge in [0.15, 0.2) is 17.5 Å². The van der Waals surface area contributed by atoms with Crippen molar-refractivity contribution in [2.75, 3.05) is 0 Å². The molecule has 2 aromatic rings. The van der Waals surface area contributed by atoms with Gasteiger partial charge in [0.05, 0.1) is 9.85 Å². The minimum Gasteiger partial charge on any atom is -0.207 e. The predicted molar refractivity (Wildman–Crippen MR) is 76.2 cm³/mol. The Morgan fingerprint density at radius 3 is 2.00 bits per heavy atom. The number of halogens is 7. The van der Waals surface area contributed by atoms with Crippen LogP contribution >= 0.6 is 43.5 Å². The van der Waals surface area contributed by atoms with Crippen LogP contribution < -0.4 is 0 Å². The van der Waals surface area contributed by atoms with Gasteiger partial charge in [-0.1, -0.05) is 27.5 Å². The van der Waals surface area contributed by atoms with Crippen LogP contribution in [0.5, 0.6) is 0 Å². The Morgan fingerprint density at radius 1 is 0.900 bits per heavy atom. The first kappa shape index (κ1) is 15.8. The number of rotatable bonds is 2. The molecule has 20 heavy (non-hydrogen) atoms. The molecule has 2 aromatic carbocycles. The largest absolute Gasteiger partial charge is 0.207 e. The minimum atomic E-state index is -1.57. The molecule has 0 heterocycles. The second kappa shape index (κ2) is 6.03. The average molecular weight is 432 g/mol. The Hall–Kier alpha value is -0.590. The molecule has 0 saturated carbocycles. The molecule has 0 aliphatic heterocycles. The number of hydrogen-bond acceptors (Lipinski definition) is 0. The van der Waals surface area contributed by atoms with E-state index in [9.17, 15) is 17.6 Å². The maximum atomic E-state index is 13.9. The molecular formula is C13H5Br2ClF4. The van der Waals surface area contributed by atoms with E-state index in [1.165, 1.54) is 6.07 Å². The highest BCUT2D eigenvalue weighted by molar-refractivity contribution is 9.10. The normalized spacial score (nSPS) is 12.6. The van der Waals surface area contributed by atoms with Gasteiger partial charge in [-0.25, -0.2) is 17.6 Å². The first-order chi connectivity index (χ1) is 9.31. The van der Waals surface area contributed by atoms with Crippen molar-refractivity contribution in [1.82, 2.24) is 0 Å². The highest BCUT2D eigenvalue weighted by Crippen LogP contribution is 2.37. The molecule has 0 radical (unpaired) electrons. The fourth-order valence-corrected chi connectivity index (χ4v) is 2.74. The molecule has 0 spiro atoms. The van der Waals surface area contributed by atoms with Gasteiger partial charge in [0, 0.05) is 10.0 Å². The Kier molecular flexibility index (Phi) is 4.76. The Balaban J connectivity index is 2.51. The molecule has 0 nitrogen and oxygen atoms in total. The van der Waals surface area contributed by atoms with Crippen LogP contribution in [0.15, 0.2) is 28.7 Å². The maximum Gasteiger partial charge on any atom is 0.194 e. The van der Waals surface area contributed by atoms with E-state index >= 15 is 0 Å². The molecule has 1 unspecified atom stereocenters. The third-order valence-electron chi connectivity index (χ3n) is 2.61. The summed E-state index contributed by atoms with van der Waals surface area (Å²) in [7, 11) is 0. The Bertz CT molecular complexity index is 653. The van der Waals surface area contributed by atoms with Crippen molar-refractivity contribution in [3.05, 3.63) is 68.2 Å². The summed E-state index contributed by atoms with van der Waals surface area (Å²) in [4.78, 5) is -0.863. The van der Waals surface area contributed by atoms with Crippen molar-refractivity contribution >= 4 is 43.5 Å². The molecule has 106 valence electrons. The van der Waals surface area contributed by atoms with Gasteiger partial charge in [-0.2, -0.15) is 0 Å². The fraction of sp³-hybridized carbons (Fsp3) is 0.0769. The molecule has 0 aliphatic rings. The van der Waals surface area contributed by atoms with E-state index in [0.717, 1.165) is 18.2 Å². The molecular weight excluding hydrogens is 427 g/mol. The van der Waals surface area contributed by atoms with Crippen LogP contribution in [0.25, 0.3) is 0 Å². The van der Waals surface area contributed by atoms with E-state index in [0.29, 0.717) is 4.47 Å². The minimum absolute atomic E-state index is 0.0405. The maximum absolute atomic E-state index is 13.9. The summed E-state index contributed by atoms with van der Waals surface area (Å²) in [5, 5.41) is 0.244. The lowest BCUT2D eigenvalue weighted by molar-refractivity contribution is 0.445. The van der Waals surface area contributed by atoms with Gasteiger partial charge in [-0.15, -0.1) is 0 Å². The van der Waals surface area contributed by atoms with Crippen molar-refractivity contribution in [2.24, 2.45) is 0 Å². The summed E-state index contributed by atoms with van der Waals surface area (Å²) in [5.41, 5.74) is 0.127. The second-order valence-corrected chi connectivity index (χ2v) is 6.13. The summed E-state index contributed by atoms with van der Waals surface area (Å²) in [5.74, 6) is -4.86. The highest BCUT2D eigenvalue weighted by atomic mass is 79.9. The summed E-state index contributed by atoms with van der Waals surface area (Å²) < 4.78 is 53.5. The molecule has 2 rings (SSSR count). The number of hydrogen-bond donors (Lipinski definition) is 0. The van der Waals surface area contributed by atoms with Crippen LogP contribution in [0.2, 0.25) is 5.02 Å². The highest BCUT2D eigenvalue weighted by Gasteiger charge is 2.20. The van der Waals surface area contributed by atoms with Gasteiger partial charge >= 0.3 is 0 Å². The van der Waals surface area contributed by atoms with Crippen molar-refractivity contribution < 1.29 is 17.6 Å². The molecule has 1 atom stereocenters. The van der Waals surface area contributed by atoms with E-state index < -0.39 is 28.1 Å². The molecule has 0 fully saturated rings. The molecule has 0 amide bonds. The smallest absolute Gasteiger partial charge is 0.194 e. The van der Waals surface area contributed by atoms with Crippen molar-refractivity contribution in [1.29, 1.82) is 0 Å². The lowest BCUT2D eigenvalue weighted by Gasteiger charge is -2.13. The van der Waals surface area contributed by atoms with E-state index in [1.54, 1.807) is 0 Å². The van der Waals surface area contributed by atoms with Gasteiger partial charge in [0.1, 0.15) is 5.82 Å². The van der Waals surface area contributed by atoms with Crippen LogP contribution in [0, 0.1) is 23.3 Å². The van der Waals surface area contributed by atoms with Gasteiger partial charge in [-0.05, 0) is 45.8 Å². The van der Waals surface area contributed by atoms with Crippen LogP contribution in [0.4, 0.5) is 17.6 Å². The molecule has 7 heteroatoms. The lowest BCUT2D eigenvalue weighted by atomic mass is 10.0. The van der Waals surface area contributed by atoms with E-state index in [-0.39, 0.29) is 16.1 Å². The van der Waals surface area contributed by atoms with E-state index in [4.69, 9.17) is 11.6 Å². The Labute approximate surface area is 134 Å². The number of alkyl halides is 1. The quantitative estimate of drug-likeness (QED) is 0.231. The summed E-state index contributed by atoms with van der Waals surface area (Å²) in [6.07, 6.45) is 0. The van der Waals surface area contributed by atoms with Crippen molar-refractivity contribution in [3.8, 4) is 0 Å². The van der Waals surface area contributed by atoms with Gasteiger partial charge in [-0.3, -0.25) is 0 Å². The predicted octanol–water partition coefficient (Wildman–Crippen LogP) is 6.14. The summed E-state index contributed by atoms with van der Waals surface area (Å²) in [6, 6.07) is 4.06. The monoisotopic (exact) mass is 430 g/mol. The topological polar surface area (TPSA) is 0 Å². The second-order valence-electron chi connectivity index (χ2n) is 3.95. The zero-order chi connectivity index (χ0) is 15.0. The van der Waals surface area contributed by atoms with E-state index in [1.807, 2.05) is 0 Å². The van der Waals surface area contributed by atoms with Crippen LogP contribution in [0.3, 0.4) is 0 Å². The molecule has 0 N–H and O–H groups in total. The first-order valence-electron chi connectivity index (χ1n) is 5.24. The van der Waals surface area contributed by atoms with E-state index in [2.05, 4.69) is 31.9 Å². The zero-order valence-electron chi connectivity index (χ0n) is 9.53. The molecule has 0 aliphatic carbocycles. The van der Waals surface area contributed by atoms with Crippen molar-refractivity contribution in [2.45, 2.75) is 4.83 Å². The molecule has 0 aromatic heterocycles. The van der Waals surface area contributed by atoms with Crippen LogP contribution in [-0.4, -0.2) is 0 Å². The van der Waals surface area contributed by atoms with Crippen molar-refractivity contribution in [3.63, 3.8) is 0 Å². The SMILES string of the molecule is Fc1cc(Br)c(Cl)cc1C(Br)c1cc(F)c(F)c(F)c1. The molecule has 0 saturated heterocycles. The standard InChI is InChI=1S/C13H5Br2ClF4/c14-7-4-9(17)6(3-8(7)16)12(15)5-1-10(18)13(20)11(19)2-5/h1-4,12H. The molecule has 0 bridgehead atoms. The third-order valence-corrected chi connectivity index (χ3v) is 4.83. The first-order valence-corrected chi connectivity index (χ1v) is 7.33. The fourth-order valence-electron chi connectivity index (χ4n) is 1.63. The average Bonchev–Trinajstić information content (AvgIpc) is 2.38. The van der Waals surface area contributed by atoms with Gasteiger partial charge in [0.2, 0.25) is 0 Å². The van der Waals surface area contributed by atoms with Gasteiger partial charge in [0.25, 0.3) is 0 Å². The summed E-state index contributed by atoms with van der Waals surface area (Å²) in [6.45, 7) is 0. The van der Waals surface area contributed by atoms with Gasteiger partial charge < -0.3 is 0 Å². The third kappa shape index (κ3) is 3.02. The Morgan fingerprint density at radius 2 is 1.45 bits per heavy atom. The lowest BCUT2D eigenvalue weighted by Crippen LogP contribution is -2.01. The summed E-state index contributed by atoms with van der Waals surface area (Å²) >= 11 is 12.1. The number of benzene rings is 2. The van der Waals surface area contributed by atoms with Crippen LogP contribution in [-0.2, 0) is 0 Å².